The first-order valence-electron chi connectivity index (χ1n) is 13.4. The van der Waals surface area contributed by atoms with Crippen molar-refractivity contribution in [2.75, 3.05) is 32.9 Å². The van der Waals surface area contributed by atoms with Crippen LogP contribution in [0.5, 0.6) is 5.75 Å². The van der Waals surface area contributed by atoms with Gasteiger partial charge in [-0.1, -0.05) is 18.2 Å². The maximum absolute atomic E-state index is 13.9. The smallest absolute Gasteiger partial charge is 0.129 e. The molecule has 0 bridgehead atoms. The average molecular weight is 534 g/mol. The van der Waals surface area contributed by atoms with Crippen molar-refractivity contribution in [3.05, 3.63) is 65.4 Å². The van der Waals surface area contributed by atoms with E-state index in [1.54, 1.807) is 13.8 Å². The molecule has 0 radical (unpaired) electrons. The number of hydrogen-bond donors (Lipinski definition) is 1. The molecule has 1 aromatic heterocycles. The number of nitrogens with one attached hydrogen (secondary N) is 1. The van der Waals surface area contributed by atoms with Gasteiger partial charge in [0.15, 0.2) is 0 Å². The molecule has 3 aromatic rings. The molecule has 1 N–H and O–H groups in total. The zero-order valence-corrected chi connectivity index (χ0v) is 22.7. The van der Waals surface area contributed by atoms with Gasteiger partial charge in [-0.25, -0.2) is 13.2 Å². The normalized spacial score (nSPS) is 21.2. The Morgan fingerprint density at radius 2 is 1.84 bits per heavy atom. The summed E-state index contributed by atoms with van der Waals surface area (Å²) in [6, 6.07) is 12.0. The first-order valence-corrected chi connectivity index (χ1v) is 13.4. The van der Waals surface area contributed by atoms with Gasteiger partial charge >= 0.3 is 0 Å². The predicted molar refractivity (Wildman–Crippen MR) is 144 cm³/mol. The fourth-order valence-electron chi connectivity index (χ4n) is 5.43. The number of likely N-dealkylation sites (tertiary alicyclic amines) is 1. The maximum atomic E-state index is 13.9. The van der Waals surface area contributed by atoms with Crippen LogP contribution in [0.1, 0.15) is 45.4 Å². The van der Waals surface area contributed by atoms with Gasteiger partial charge in [0.1, 0.15) is 29.7 Å². The van der Waals surface area contributed by atoms with Crippen molar-refractivity contribution in [1.82, 2.24) is 14.8 Å². The molecule has 2 aliphatic heterocycles. The Balaban J connectivity index is 0.000000177. The lowest BCUT2D eigenvalue weighted by Gasteiger charge is -2.36. The average Bonchev–Trinajstić information content (AvgIpc) is 3.46. The second kappa shape index (κ2) is 12.1. The van der Waals surface area contributed by atoms with Crippen LogP contribution >= 0.6 is 0 Å². The second-order valence-corrected chi connectivity index (χ2v) is 11.4. The first kappa shape index (κ1) is 28.4. The van der Waals surface area contributed by atoms with Crippen LogP contribution in [0, 0.1) is 17.6 Å². The van der Waals surface area contributed by atoms with E-state index in [9.17, 15) is 17.6 Å². The minimum Gasteiger partial charge on any atom is -0.492 e. The van der Waals surface area contributed by atoms with Crippen molar-refractivity contribution in [2.24, 2.45) is 5.92 Å². The van der Waals surface area contributed by atoms with Gasteiger partial charge in [0.05, 0.1) is 6.67 Å². The highest BCUT2D eigenvalue weighted by Crippen LogP contribution is 2.31. The number of benzene rings is 2. The van der Waals surface area contributed by atoms with Crippen LogP contribution in [-0.4, -0.2) is 65.5 Å². The molecular weight excluding hydrogens is 494 g/mol. The SMILES string of the molecule is CC(COc1cc(F)cc(F)c1)N1CCC(CF)C1.CC1Cc2c([nH]c3ccccc23)CN1CC(C)(C)F. The van der Waals surface area contributed by atoms with Crippen LogP contribution < -0.4 is 4.74 Å². The van der Waals surface area contributed by atoms with E-state index >= 15 is 0 Å². The van der Waals surface area contributed by atoms with Crippen molar-refractivity contribution in [3.8, 4) is 5.75 Å². The number of nitrogens with zero attached hydrogens (tertiary/aromatic N) is 2. The van der Waals surface area contributed by atoms with E-state index in [1.807, 2.05) is 6.92 Å². The van der Waals surface area contributed by atoms with E-state index in [-0.39, 0.29) is 24.4 Å². The van der Waals surface area contributed by atoms with Gasteiger partial charge in [-0.2, -0.15) is 0 Å². The molecule has 3 atom stereocenters. The molecule has 1 saturated heterocycles. The summed E-state index contributed by atoms with van der Waals surface area (Å²) < 4.78 is 57.8. The van der Waals surface area contributed by atoms with E-state index in [4.69, 9.17) is 4.74 Å². The summed E-state index contributed by atoms with van der Waals surface area (Å²) in [6.07, 6.45) is 1.85. The number of aromatic amines is 1. The molecule has 2 aromatic carbocycles. The number of alkyl halides is 2. The van der Waals surface area contributed by atoms with E-state index < -0.39 is 17.3 Å². The zero-order valence-electron chi connectivity index (χ0n) is 22.7. The maximum Gasteiger partial charge on any atom is 0.129 e. The van der Waals surface area contributed by atoms with E-state index in [0.717, 1.165) is 50.7 Å². The highest BCUT2D eigenvalue weighted by atomic mass is 19.1. The molecule has 0 spiro atoms. The molecule has 1 fully saturated rings. The monoisotopic (exact) mass is 533 g/mol. The minimum atomic E-state index is -1.14. The fraction of sp³-hybridized carbons (Fsp3) is 0.533. The number of hydrogen-bond acceptors (Lipinski definition) is 3. The summed E-state index contributed by atoms with van der Waals surface area (Å²) in [5, 5.41) is 1.32. The Labute approximate surface area is 223 Å². The Bertz CT molecular complexity index is 1190. The second-order valence-electron chi connectivity index (χ2n) is 11.4. The zero-order chi connectivity index (χ0) is 27.4. The fourth-order valence-corrected chi connectivity index (χ4v) is 5.43. The summed E-state index contributed by atoms with van der Waals surface area (Å²) in [5.74, 6) is -1.01. The Kier molecular flexibility index (Phi) is 9.04. The van der Waals surface area contributed by atoms with Gasteiger partial charge in [-0.3, -0.25) is 14.2 Å². The molecule has 0 amide bonds. The molecule has 4 nitrogen and oxygen atoms in total. The summed E-state index contributed by atoms with van der Waals surface area (Å²) in [7, 11) is 0. The van der Waals surface area contributed by atoms with Gasteiger partial charge in [-0.15, -0.1) is 0 Å². The molecule has 8 heteroatoms. The number of halogens is 4. The molecular formula is C30H39F4N3O. The third-order valence-electron chi connectivity index (χ3n) is 7.45. The van der Waals surface area contributed by atoms with Gasteiger partial charge < -0.3 is 9.72 Å². The van der Waals surface area contributed by atoms with Crippen LogP contribution in [0.15, 0.2) is 42.5 Å². The predicted octanol–water partition coefficient (Wildman–Crippen LogP) is 6.69. The van der Waals surface area contributed by atoms with Gasteiger partial charge in [0, 0.05) is 72.4 Å². The standard InChI is InChI=1S/C16H21FN2.C14H18F3NO/c1-11-8-13-12-6-4-5-7-14(12)18-15(13)9-19(11)10-16(2,3)17;1-10(18-3-2-11(7-15)8-18)9-19-14-5-12(16)4-13(17)6-14/h4-7,11,18H,8-10H2,1-3H3;4-6,10-11H,2-3,7-9H2,1H3. The summed E-state index contributed by atoms with van der Waals surface area (Å²) >= 11 is 0. The summed E-state index contributed by atoms with van der Waals surface area (Å²) in [5.41, 5.74) is 2.72. The van der Waals surface area contributed by atoms with Crippen LogP contribution in [0.2, 0.25) is 0 Å². The quantitative estimate of drug-likeness (QED) is 0.344. The van der Waals surface area contributed by atoms with Gasteiger partial charge in [-0.05, 0) is 58.7 Å². The molecule has 2 aliphatic rings. The van der Waals surface area contributed by atoms with Crippen LogP contribution in [0.3, 0.4) is 0 Å². The number of ether oxygens (including phenoxy) is 1. The summed E-state index contributed by atoms with van der Waals surface area (Å²) in [6.45, 7) is 10.4. The lowest BCUT2D eigenvalue weighted by molar-refractivity contribution is 0.0853. The molecule has 38 heavy (non-hydrogen) atoms. The minimum absolute atomic E-state index is 0.0999. The summed E-state index contributed by atoms with van der Waals surface area (Å²) in [4.78, 5) is 7.86. The van der Waals surface area contributed by atoms with Crippen molar-refractivity contribution in [3.63, 3.8) is 0 Å². The molecule has 5 rings (SSSR count). The topological polar surface area (TPSA) is 31.5 Å². The highest BCUT2D eigenvalue weighted by Gasteiger charge is 2.30. The van der Waals surface area contributed by atoms with Crippen LogP contribution in [0.25, 0.3) is 10.9 Å². The Morgan fingerprint density at radius 1 is 1.13 bits per heavy atom. The van der Waals surface area contributed by atoms with Crippen LogP contribution in [-0.2, 0) is 13.0 Å². The number of aromatic nitrogens is 1. The number of H-pyrrole nitrogens is 1. The largest absolute Gasteiger partial charge is 0.492 e. The molecule has 208 valence electrons. The van der Waals surface area contributed by atoms with E-state index in [1.165, 1.54) is 22.2 Å². The van der Waals surface area contributed by atoms with Crippen LogP contribution in [0.4, 0.5) is 17.6 Å². The number of fused-ring (bicyclic) bond motifs is 3. The lowest BCUT2D eigenvalue weighted by atomic mass is 9.96. The van der Waals surface area contributed by atoms with Crippen molar-refractivity contribution in [2.45, 2.75) is 64.8 Å². The number of rotatable bonds is 7. The first-order chi connectivity index (χ1) is 18.0. The van der Waals surface area contributed by atoms with Crippen molar-refractivity contribution >= 4 is 10.9 Å². The van der Waals surface area contributed by atoms with Crippen molar-refractivity contribution < 1.29 is 22.3 Å². The van der Waals surface area contributed by atoms with Crippen molar-refractivity contribution in [1.29, 1.82) is 0 Å². The number of para-hydroxylation sites is 1. The third-order valence-corrected chi connectivity index (χ3v) is 7.45. The Morgan fingerprint density at radius 3 is 2.50 bits per heavy atom. The van der Waals surface area contributed by atoms with E-state index in [2.05, 4.69) is 46.0 Å². The van der Waals surface area contributed by atoms with Gasteiger partial charge in [0.2, 0.25) is 0 Å². The molecule has 3 heterocycles. The molecule has 3 unspecified atom stereocenters. The highest BCUT2D eigenvalue weighted by molar-refractivity contribution is 5.84. The Hall–Kier alpha value is -2.58. The lowest BCUT2D eigenvalue weighted by Crippen LogP contribution is -2.44. The van der Waals surface area contributed by atoms with Gasteiger partial charge in [0.25, 0.3) is 0 Å². The molecule has 0 saturated carbocycles. The third kappa shape index (κ3) is 7.29. The molecule has 0 aliphatic carbocycles. The van der Waals surface area contributed by atoms with E-state index in [0.29, 0.717) is 19.2 Å².